The Hall–Kier alpha value is -1.16. The highest BCUT2D eigenvalue weighted by Crippen LogP contribution is 2.13. The molecule has 0 saturated carbocycles. The third kappa shape index (κ3) is 3.16. The summed E-state index contributed by atoms with van der Waals surface area (Å²) in [4.78, 5) is 3.92. The van der Waals surface area contributed by atoms with E-state index in [4.69, 9.17) is 4.74 Å². The Morgan fingerprint density at radius 3 is 3.07 bits per heavy atom. The molecule has 4 heteroatoms. The van der Waals surface area contributed by atoms with Crippen molar-refractivity contribution in [3.8, 4) is 0 Å². The van der Waals surface area contributed by atoms with E-state index < -0.39 is 0 Å². The van der Waals surface area contributed by atoms with Crippen LogP contribution in [0.25, 0.3) is 0 Å². The molecule has 1 aromatic heterocycles. The molecule has 82 valence electrons. The molecular formula is C11H15FN2O. The van der Waals surface area contributed by atoms with Crippen molar-refractivity contribution >= 4 is 5.82 Å². The Balaban J connectivity index is 1.79. The van der Waals surface area contributed by atoms with Crippen LogP contribution in [0.4, 0.5) is 10.2 Å². The topological polar surface area (TPSA) is 34.1 Å². The number of nitrogens with one attached hydrogen (secondary N) is 1. The standard InChI is InChI=1S/C11H15FN2O/c12-9-4-5-11(13-7-9)14-8-10-3-1-2-6-15-10/h4-5,7,10H,1-3,6,8H2,(H,13,14). The van der Waals surface area contributed by atoms with Crippen molar-refractivity contribution in [1.82, 2.24) is 4.98 Å². The SMILES string of the molecule is Fc1ccc(NCC2CCCCO2)nc1. The van der Waals surface area contributed by atoms with Gasteiger partial charge in [-0.05, 0) is 31.4 Å². The van der Waals surface area contributed by atoms with Crippen LogP contribution in [0, 0.1) is 5.82 Å². The highest BCUT2D eigenvalue weighted by Gasteiger charge is 2.13. The normalized spacial score (nSPS) is 21.3. The highest BCUT2D eigenvalue weighted by atomic mass is 19.1. The first-order chi connectivity index (χ1) is 7.34. The molecule has 1 fully saturated rings. The maximum Gasteiger partial charge on any atom is 0.141 e. The van der Waals surface area contributed by atoms with Crippen LogP contribution in [0.5, 0.6) is 0 Å². The van der Waals surface area contributed by atoms with Crippen molar-refractivity contribution in [2.45, 2.75) is 25.4 Å². The molecule has 0 bridgehead atoms. The first-order valence-electron chi connectivity index (χ1n) is 5.31. The second-order valence-corrected chi connectivity index (χ2v) is 3.73. The molecule has 1 aliphatic heterocycles. The fraction of sp³-hybridized carbons (Fsp3) is 0.545. The van der Waals surface area contributed by atoms with Crippen LogP contribution in [0.1, 0.15) is 19.3 Å². The number of aromatic nitrogens is 1. The average molecular weight is 210 g/mol. The molecule has 1 unspecified atom stereocenters. The minimum atomic E-state index is -0.311. The zero-order valence-corrected chi connectivity index (χ0v) is 8.58. The van der Waals surface area contributed by atoms with E-state index in [1.54, 1.807) is 6.07 Å². The molecule has 1 aliphatic rings. The fourth-order valence-corrected chi connectivity index (χ4v) is 1.67. The maximum absolute atomic E-state index is 12.6. The van der Waals surface area contributed by atoms with Crippen molar-refractivity contribution in [3.63, 3.8) is 0 Å². The van der Waals surface area contributed by atoms with E-state index in [-0.39, 0.29) is 11.9 Å². The molecule has 3 nitrogen and oxygen atoms in total. The van der Waals surface area contributed by atoms with E-state index in [2.05, 4.69) is 10.3 Å². The quantitative estimate of drug-likeness (QED) is 0.830. The van der Waals surface area contributed by atoms with E-state index in [1.165, 1.54) is 18.7 Å². The molecule has 1 aromatic rings. The maximum atomic E-state index is 12.6. The summed E-state index contributed by atoms with van der Waals surface area (Å²) in [5.41, 5.74) is 0. The first-order valence-corrected chi connectivity index (χ1v) is 5.31. The first kappa shape index (κ1) is 10.4. The number of ether oxygens (including phenoxy) is 1. The van der Waals surface area contributed by atoms with Crippen LogP contribution in [-0.4, -0.2) is 24.2 Å². The third-order valence-electron chi connectivity index (χ3n) is 2.51. The largest absolute Gasteiger partial charge is 0.376 e. The van der Waals surface area contributed by atoms with Crippen molar-refractivity contribution in [1.29, 1.82) is 0 Å². The molecule has 0 radical (unpaired) electrons. The number of hydrogen-bond acceptors (Lipinski definition) is 3. The molecule has 0 aliphatic carbocycles. The fourth-order valence-electron chi connectivity index (χ4n) is 1.67. The Labute approximate surface area is 88.7 Å². The van der Waals surface area contributed by atoms with Crippen LogP contribution in [0.15, 0.2) is 18.3 Å². The molecular weight excluding hydrogens is 195 g/mol. The summed E-state index contributed by atoms with van der Waals surface area (Å²) in [6.45, 7) is 1.60. The van der Waals surface area contributed by atoms with Gasteiger partial charge in [-0.1, -0.05) is 0 Å². The Kier molecular flexibility index (Phi) is 3.50. The molecule has 2 heterocycles. The number of pyridine rings is 1. The molecule has 15 heavy (non-hydrogen) atoms. The van der Waals surface area contributed by atoms with Crippen molar-refractivity contribution < 1.29 is 9.13 Å². The van der Waals surface area contributed by atoms with Gasteiger partial charge in [0.15, 0.2) is 0 Å². The summed E-state index contributed by atoms with van der Waals surface area (Å²) in [6, 6.07) is 3.04. The predicted octanol–water partition coefficient (Wildman–Crippen LogP) is 2.20. The van der Waals surface area contributed by atoms with Crippen LogP contribution in [0.3, 0.4) is 0 Å². The molecule has 1 atom stereocenters. The molecule has 0 spiro atoms. The van der Waals surface area contributed by atoms with Crippen molar-refractivity contribution in [2.24, 2.45) is 0 Å². The second-order valence-electron chi connectivity index (χ2n) is 3.73. The minimum Gasteiger partial charge on any atom is -0.376 e. The van der Waals surface area contributed by atoms with Crippen molar-refractivity contribution in [2.75, 3.05) is 18.5 Å². The van der Waals surface area contributed by atoms with Gasteiger partial charge in [-0.3, -0.25) is 0 Å². The number of rotatable bonds is 3. The number of anilines is 1. The molecule has 1 saturated heterocycles. The average Bonchev–Trinajstić information content (AvgIpc) is 2.30. The lowest BCUT2D eigenvalue weighted by molar-refractivity contribution is 0.0247. The monoisotopic (exact) mass is 210 g/mol. The van der Waals surface area contributed by atoms with E-state index in [0.29, 0.717) is 5.82 Å². The highest BCUT2D eigenvalue weighted by molar-refractivity contribution is 5.33. The van der Waals surface area contributed by atoms with Crippen LogP contribution < -0.4 is 5.32 Å². The van der Waals surface area contributed by atoms with Gasteiger partial charge in [0.25, 0.3) is 0 Å². The van der Waals surface area contributed by atoms with E-state index in [9.17, 15) is 4.39 Å². The number of hydrogen-bond donors (Lipinski definition) is 1. The van der Waals surface area contributed by atoms with E-state index in [0.717, 1.165) is 26.0 Å². The summed E-state index contributed by atoms with van der Waals surface area (Å²) in [7, 11) is 0. The van der Waals surface area contributed by atoms with Gasteiger partial charge >= 0.3 is 0 Å². The van der Waals surface area contributed by atoms with Crippen molar-refractivity contribution in [3.05, 3.63) is 24.1 Å². The van der Waals surface area contributed by atoms with Crippen LogP contribution in [-0.2, 0) is 4.74 Å². The lowest BCUT2D eigenvalue weighted by Crippen LogP contribution is -2.27. The minimum absolute atomic E-state index is 0.269. The summed E-state index contributed by atoms with van der Waals surface area (Å²) >= 11 is 0. The Bertz CT molecular complexity index is 296. The van der Waals surface area contributed by atoms with Crippen LogP contribution in [0.2, 0.25) is 0 Å². The van der Waals surface area contributed by atoms with Gasteiger partial charge in [-0.15, -0.1) is 0 Å². The van der Waals surface area contributed by atoms with Gasteiger partial charge in [0, 0.05) is 13.2 Å². The molecule has 1 N–H and O–H groups in total. The lowest BCUT2D eigenvalue weighted by Gasteiger charge is -2.22. The molecule has 2 rings (SSSR count). The van der Waals surface area contributed by atoms with Gasteiger partial charge in [0.2, 0.25) is 0 Å². The molecule has 0 aromatic carbocycles. The second kappa shape index (κ2) is 5.07. The summed E-state index contributed by atoms with van der Waals surface area (Å²) < 4.78 is 18.1. The predicted molar refractivity (Wildman–Crippen MR) is 56.3 cm³/mol. The zero-order valence-electron chi connectivity index (χ0n) is 8.58. The van der Waals surface area contributed by atoms with Gasteiger partial charge in [0.1, 0.15) is 11.6 Å². The summed E-state index contributed by atoms with van der Waals surface area (Å²) in [6.07, 6.45) is 4.96. The van der Waals surface area contributed by atoms with E-state index >= 15 is 0 Å². The lowest BCUT2D eigenvalue weighted by atomic mass is 10.1. The Morgan fingerprint density at radius 1 is 1.47 bits per heavy atom. The van der Waals surface area contributed by atoms with E-state index in [1.807, 2.05) is 0 Å². The Morgan fingerprint density at radius 2 is 2.40 bits per heavy atom. The van der Waals surface area contributed by atoms with Gasteiger partial charge in [-0.2, -0.15) is 0 Å². The van der Waals surface area contributed by atoms with Gasteiger partial charge in [-0.25, -0.2) is 9.37 Å². The van der Waals surface area contributed by atoms with Gasteiger partial charge in [0.05, 0.1) is 12.3 Å². The smallest absolute Gasteiger partial charge is 0.141 e. The number of halogens is 1. The van der Waals surface area contributed by atoms with Gasteiger partial charge < -0.3 is 10.1 Å². The third-order valence-corrected chi connectivity index (χ3v) is 2.51. The molecule has 0 amide bonds. The number of nitrogens with zero attached hydrogens (tertiary/aromatic N) is 1. The van der Waals surface area contributed by atoms with Crippen LogP contribution >= 0.6 is 0 Å². The zero-order chi connectivity index (χ0) is 10.5. The summed E-state index contributed by atoms with van der Waals surface area (Å²) in [5.74, 6) is 0.389. The summed E-state index contributed by atoms with van der Waals surface area (Å²) in [5, 5.41) is 3.14.